The molecule has 0 unspecified atom stereocenters. The third-order valence-corrected chi connectivity index (χ3v) is 2.91. The molecule has 0 aromatic carbocycles. The molecule has 0 radical (unpaired) electrons. The number of likely N-dealkylation sites (N-methyl/N-ethyl adjacent to an activating group) is 1. The fourth-order valence-electron chi connectivity index (χ4n) is 1.22. The van der Waals surface area contributed by atoms with E-state index >= 15 is 0 Å². The summed E-state index contributed by atoms with van der Waals surface area (Å²) < 4.78 is 0. The predicted molar refractivity (Wildman–Crippen MR) is 77.0 cm³/mol. The maximum Gasteiger partial charge on any atom is 0.0432 e. The molecule has 0 bridgehead atoms. The molecule has 0 atom stereocenters. The second kappa shape index (κ2) is 9.40. The number of rotatable bonds is 3. The highest BCUT2D eigenvalue weighted by molar-refractivity contribution is 6.34. The maximum atomic E-state index is 5.65. The average Bonchev–Trinajstić information content (AvgIpc) is 2.31. The van der Waals surface area contributed by atoms with Gasteiger partial charge in [0.1, 0.15) is 0 Å². The van der Waals surface area contributed by atoms with E-state index in [1.165, 1.54) is 0 Å². The second-order valence-electron chi connectivity index (χ2n) is 3.53. The van der Waals surface area contributed by atoms with Crippen LogP contribution in [-0.4, -0.2) is 20.6 Å². The number of hydrogen-bond acceptors (Lipinski definition) is 3. The largest absolute Gasteiger partial charge is 0.390 e. The summed E-state index contributed by atoms with van der Waals surface area (Å²) >= 11 is 11.3. The molecule has 0 fully saturated rings. The summed E-state index contributed by atoms with van der Waals surface area (Å²) in [6, 6.07) is 0. The standard InChI is InChI=1S/C6H6Cl2.C6H15N3/c7-5-2-1-3-6(8)4-5;1-5(8-2)6(4-7)9-3/h2,4H,1,3H2;8-9H,4,7H2,1-3H3/b;6-5-. The van der Waals surface area contributed by atoms with Crippen molar-refractivity contribution in [1.82, 2.24) is 10.6 Å². The van der Waals surface area contributed by atoms with Gasteiger partial charge in [0.2, 0.25) is 0 Å². The lowest BCUT2D eigenvalue weighted by atomic mass is 10.2. The molecule has 1 aliphatic rings. The average molecular weight is 278 g/mol. The van der Waals surface area contributed by atoms with Gasteiger partial charge in [0, 0.05) is 42.1 Å². The van der Waals surface area contributed by atoms with E-state index in [2.05, 4.69) is 10.6 Å². The van der Waals surface area contributed by atoms with Gasteiger partial charge in [0.15, 0.2) is 0 Å². The van der Waals surface area contributed by atoms with Crippen LogP contribution in [0, 0.1) is 0 Å². The molecule has 4 N–H and O–H groups in total. The van der Waals surface area contributed by atoms with E-state index in [1.54, 1.807) is 6.08 Å². The first kappa shape index (κ1) is 16.4. The molecule has 0 aromatic heterocycles. The zero-order chi connectivity index (χ0) is 13.3. The van der Waals surface area contributed by atoms with E-state index in [1.807, 2.05) is 27.1 Å². The summed E-state index contributed by atoms with van der Waals surface area (Å²) in [6.07, 6.45) is 5.67. The molecule has 17 heavy (non-hydrogen) atoms. The van der Waals surface area contributed by atoms with Crippen LogP contribution in [0.3, 0.4) is 0 Å². The molecule has 1 aliphatic carbocycles. The Morgan fingerprint density at radius 1 is 1.35 bits per heavy atom. The zero-order valence-corrected chi connectivity index (χ0v) is 12.1. The van der Waals surface area contributed by atoms with Gasteiger partial charge >= 0.3 is 0 Å². The molecule has 5 heteroatoms. The Balaban J connectivity index is 0.000000302. The molecule has 98 valence electrons. The molecule has 1 rings (SSSR count). The third kappa shape index (κ3) is 7.31. The van der Waals surface area contributed by atoms with Crippen LogP contribution in [0.15, 0.2) is 33.6 Å². The first-order chi connectivity index (χ1) is 8.04. The first-order valence-corrected chi connectivity index (χ1v) is 6.27. The number of halogens is 2. The van der Waals surface area contributed by atoms with Crippen molar-refractivity contribution in [2.45, 2.75) is 19.8 Å². The lowest BCUT2D eigenvalue weighted by Gasteiger charge is -2.07. The van der Waals surface area contributed by atoms with Crippen molar-refractivity contribution in [3.8, 4) is 0 Å². The van der Waals surface area contributed by atoms with Crippen molar-refractivity contribution in [2.75, 3.05) is 20.6 Å². The normalized spacial score (nSPS) is 15.9. The molecular weight excluding hydrogens is 257 g/mol. The maximum absolute atomic E-state index is 5.65. The number of hydrogen-bond donors (Lipinski definition) is 3. The van der Waals surface area contributed by atoms with E-state index in [0.717, 1.165) is 34.3 Å². The lowest BCUT2D eigenvalue weighted by molar-refractivity contribution is 0.843. The van der Waals surface area contributed by atoms with E-state index in [9.17, 15) is 0 Å². The molecule has 0 aromatic rings. The van der Waals surface area contributed by atoms with E-state index in [4.69, 9.17) is 28.9 Å². The van der Waals surface area contributed by atoms with Crippen LogP contribution in [0.25, 0.3) is 0 Å². The molecule has 3 nitrogen and oxygen atoms in total. The summed E-state index contributed by atoms with van der Waals surface area (Å²) in [5.41, 5.74) is 7.55. The van der Waals surface area contributed by atoms with Crippen LogP contribution in [0.4, 0.5) is 0 Å². The highest BCUT2D eigenvalue weighted by Crippen LogP contribution is 2.21. The van der Waals surface area contributed by atoms with Gasteiger partial charge in [-0.1, -0.05) is 29.3 Å². The van der Waals surface area contributed by atoms with Crippen molar-refractivity contribution in [2.24, 2.45) is 5.73 Å². The molecule has 0 heterocycles. The van der Waals surface area contributed by atoms with Crippen molar-refractivity contribution in [3.63, 3.8) is 0 Å². The quantitative estimate of drug-likeness (QED) is 0.744. The Labute approximate surface area is 114 Å². The van der Waals surface area contributed by atoms with Gasteiger partial charge < -0.3 is 16.4 Å². The van der Waals surface area contributed by atoms with E-state index in [-0.39, 0.29) is 0 Å². The Kier molecular flexibility index (Phi) is 9.04. The molecule has 0 saturated heterocycles. The fraction of sp³-hybridized carbons (Fsp3) is 0.500. The van der Waals surface area contributed by atoms with Gasteiger partial charge in [0.05, 0.1) is 0 Å². The highest BCUT2D eigenvalue weighted by Gasteiger charge is 1.98. The van der Waals surface area contributed by atoms with Crippen molar-refractivity contribution in [1.29, 1.82) is 0 Å². The van der Waals surface area contributed by atoms with Gasteiger partial charge in [-0.2, -0.15) is 0 Å². The van der Waals surface area contributed by atoms with E-state index < -0.39 is 0 Å². The summed E-state index contributed by atoms with van der Waals surface area (Å²) in [7, 11) is 3.74. The SMILES string of the molecule is CN/C(C)=C(/CN)NC.ClC1=CCCC(Cl)=C1. The van der Waals surface area contributed by atoms with Gasteiger partial charge in [-0.05, 0) is 25.8 Å². The minimum atomic E-state index is 0.559. The fourth-order valence-corrected chi connectivity index (χ4v) is 1.75. The van der Waals surface area contributed by atoms with Crippen molar-refractivity contribution >= 4 is 23.2 Å². The number of nitrogens with two attached hydrogens (primary N) is 1. The molecule has 0 saturated carbocycles. The Morgan fingerprint density at radius 3 is 2.24 bits per heavy atom. The Bertz CT molecular complexity index is 314. The molecule has 0 aliphatic heterocycles. The minimum Gasteiger partial charge on any atom is -0.390 e. The van der Waals surface area contributed by atoms with Crippen molar-refractivity contribution < 1.29 is 0 Å². The molecule has 0 spiro atoms. The van der Waals surface area contributed by atoms with E-state index in [0.29, 0.717) is 6.54 Å². The predicted octanol–water partition coefficient (Wildman–Crippen LogP) is 2.64. The summed E-state index contributed by atoms with van der Waals surface area (Å²) in [6.45, 7) is 2.54. The Morgan fingerprint density at radius 2 is 2.00 bits per heavy atom. The molecular formula is C12H21Cl2N3. The van der Waals surface area contributed by atoms with Crippen LogP contribution >= 0.6 is 23.2 Å². The smallest absolute Gasteiger partial charge is 0.0432 e. The molecule has 0 amide bonds. The summed E-state index contributed by atoms with van der Waals surface area (Å²) in [5, 5.41) is 7.62. The Hall–Kier alpha value is -0.640. The second-order valence-corrected chi connectivity index (χ2v) is 4.45. The van der Waals surface area contributed by atoms with Crippen LogP contribution in [0.1, 0.15) is 19.8 Å². The number of nitrogens with one attached hydrogen (secondary N) is 2. The van der Waals surface area contributed by atoms with Crippen LogP contribution in [0.2, 0.25) is 0 Å². The van der Waals surface area contributed by atoms with Gasteiger partial charge in [-0.3, -0.25) is 0 Å². The van der Waals surface area contributed by atoms with Crippen molar-refractivity contribution in [3.05, 3.63) is 33.6 Å². The summed E-state index contributed by atoms with van der Waals surface area (Å²) in [4.78, 5) is 0. The monoisotopic (exact) mass is 277 g/mol. The van der Waals surface area contributed by atoms with Gasteiger partial charge in [-0.15, -0.1) is 0 Å². The van der Waals surface area contributed by atoms with Crippen LogP contribution < -0.4 is 16.4 Å². The topological polar surface area (TPSA) is 50.1 Å². The van der Waals surface area contributed by atoms with Crippen LogP contribution in [-0.2, 0) is 0 Å². The zero-order valence-electron chi connectivity index (χ0n) is 10.6. The first-order valence-electron chi connectivity index (χ1n) is 5.52. The third-order valence-electron chi connectivity index (χ3n) is 2.35. The van der Waals surface area contributed by atoms with Gasteiger partial charge in [-0.25, -0.2) is 0 Å². The lowest BCUT2D eigenvalue weighted by Crippen LogP contribution is -2.21. The minimum absolute atomic E-state index is 0.559. The van der Waals surface area contributed by atoms with Gasteiger partial charge in [0.25, 0.3) is 0 Å². The number of allylic oxidation sites excluding steroid dienone is 5. The highest BCUT2D eigenvalue weighted by atomic mass is 35.5. The summed E-state index contributed by atoms with van der Waals surface area (Å²) in [5.74, 6) is 0. The van der Waals surface area contributed by atoms with Crippen LogP contribution in [0.5, 0.6) is 0 Å².